The maximum Gasteiger partial charge on any atom is 0.306 e. The van der Waals surface area contributed by atoms with Crippen LogP contribution in [0.5, 0.6) is 0 Å². The third-order valence-corrected chi connectivity index (χ3v) is 2.44. The molecule has 1 aromatic carbocycles. The van der Waals surface area contributed by atoms with E-state index in [1.54, 1.807) is 24.3 Å². The molecule has 0 amide bonds. The minimum absolute atomic E-state index is 0.158. The zero-order valence-corrected chi connectivity index (χ0v) is 10.1. The van der Waals surface area contributed by atoms with Gasteiger partial charge >= 0.3 is 5.97 Å². The van der Waals surface area contributed by atoms with Gasteiger partial charge in [-0.2, -0.15) is 0 Å². The fourth-order valence-corrected chi connectivity index (χ4v) is 1.44. The SMILES string of the molecule is CCCCCC(=O)OCC(=O)c1ccccc1. The molecule has 3 nitrogen and oxygen atoms in total. The lowest BCUT2D eigenvalue weighted by atomic mass is 10.1. The number of Topliss-reactive ketones (excluding diaryl/α,β-unsaturated/α-hetero) is 1. The second kappa shape index (κ2) is 7.60. The molecule has 92 valence electrons. The van der Waals surface area contributed by atoms with Gasteiger partial charge in [0.2, 0.25) is 0 Å². The lowest BCUT2D eigenvalue weighted by Crippen LogP contribution is -2.13. The average Bonchev–Trinajstić information content (AvgIpc) is 2.37. The van der Waals surface area contributed by atoms with Crippen LogP contribution < -0.4 is 0 Å². The Morgan fingerprint density at radius 3 is 2.47 bits per heavy atom. The third-order valence-electron chi connectivity index (χ3n) is 2.44. The van der Waals surface area contributed by atoms with E-state index >= 15 is 0 Å². The summed E-state index contributed by atoms with van der Waals surface area (Å²) < 4.78 is 4.92. The maximum atomic E-state index is 11.6. The van der Waals surface area contributed by atoms with Gasteiger partial charge in [-0.3, -0.25) is 9.59 Å². The second-order valence-electron chi connectivity index (χ2n) is 3.91. The van der Waals surface area contributed by atoms with Crippen molar-refractivity contribution in [2.45, 2.75) is 32.6 Å². The van der Waals surface area contributed by atoms with Crippen LogP contribution in [-0.2, 0) is 9.53 Å². The summed E-state index contributed by atoms with van der Waals surface area (Å²) in [7, 11) is 0. The molecule has 0 atom stereocenters. The van der Waals surface area contributed by atoms with Gasteiger partial charge in [0.15, 0.2) is 12.4 Å². The molecule has 0 spiro atoms. The highest BCUT2D eigenvalue weighted by Gasteiger charge is 2.08. The van der Waals surface area contributed by atoms with Crippen LogP contribution in [-0.4, -0.2) is 18.4 Å². The van der Waals surface area contributed by atoms with Gasteiger partial charge in [0.25, 0.3) is 0 Å². The van der Waals surface area contributed by atoms with Crippen molar-refractivity contribution in [3.63, 3.8) is 0 Å². The van der Waals surface area contributed by atoms with Crippen LogP contribution in [0.2, 0.25) is 0 Å². The summed E-state index contributed by atoms with van der Waals surface area (Å²) >= 11 is 0. The van der Waals surface area contributed by atoms with E-state index < -0.39 is 0 Å². The van der Waals surface area contributed by atoms with E-state index in [0.717, 1.165) is 19.3 Å². The predicted molar refractivity (Wildman–Crippen MR) is 65.9 cm³/mol. The number of ketones is 1. The normalized spacial score (nSPS) is 9.94. The molecule has 17 heavy (non-hydrogen) atoms. The first-order chi connectivity index (χ1) is 8.24. The molecule has 0 aliphatic carbocycles. The zero-order chi connectivity index (χ0) is 12.5. The van der Waals surface area contributed by atoms with E-state index in [0.29, 0.717) is 12.0 Å². The summed E-state index contributed by atoms with van der Waals surface area (Å²) in [6.45, 7) is 1.92. The maximum absolute atomic E-state index is 11.6. The Morgan fingerprint density at radius 1 is 1.12 bits per heavy atom. The number of unbranched alkanes of at least 4 members (excludes halogenated alkanes) is 2. The van der Waals surface area contributed by atoms with Gasteiger partial charge in [-0.1, -0.05) is 50.1 Å². The fourth-order valence-electron chi connectivity index (χ4n) is 1.44. The molecule has 0 aliphatic rings. The van der Waals surface area contributed by atoms with Gasteiger partial charge in [-0.25, -0.2) is 0 Å². The van der Waals surface area contributed by atoms with E-state index in [-0.39, 0.29) is 18.4 Å². The van der Waals surface area contributed by atoms with Gasteiger partial charge in [0.05, 0.1) is 0 Å². The molecule has 0 aliphatic heterocycles. The Morgan fingerprint density at radius 2 is 1.82 bits per heavy atom. The first kappa shape index (κ1) is 13.4. The van der Waals surface area contributed by atoms with E-state index in [9.17, 15) is 9.59 Å². The molecule has 0 radical (unpaired) electrons. The molecule has 0 N–H and O–H groups in total. The van der Waals surface area contributed by atoms with Crippen LogP contribution in [0.25, 0.3) is 0 Å². The number of carbonyl (C=O) groups is 2. The van der Waals surface area contributed by atoms with Crippen LogP contribution >= 0.6 is 0 Å². The minimum Gasteiger partial charge on any atom is -0.457 e. The Labute approximate surface area is 102 Å². The molecule has 0 unspecified atom stereocenters. The topological polar surface area (TPSA) is 43.4 Å². The van der Waals surface area contributed by atoms with Crippen LogP contribution in [0.15, 0.2) is 30.3 Å². The van der Waals surface area contributed by atoms with Crippen LogP contribution in [0.3, 0.4) is 0 Å². The summed E-state index contributed by atoms with van der Waals surface area (Å²) in [6.07, 6.45) is 3.31. The lowest BCUT2D eigenvalue weighted by molar-refractivity contribution is -0.142. The summed E-state index contributed by atoms with van der Waals surface area (Å²) in [5.41, 5.74) is 0.578. The van der Waals surface area contributed by atoms with Crippen molar-refractivity contribution in [2.24, 2.45) is 0 Å². The van der Waals surface area contributed by atoms with Crippen molar-refractivity contribution in [3.05, 3.63) is 35.9 Å². The molecular formula is C14H18O3. The van der Waals surface area contributed by atoms with Gasteiger partial charge in [-0.15, -0.1) is 0 Å². The highest BCUT2D eigenvalue weighted by Crippen LogP contribution is 2.03. The third kappa shape index (κ3) is 5.29. The van der Waals surface area contributed by atoms with Gasteiger partial charge < -0.3 is 4.74 Å². The molecule has 1 rings (SSSR count). The van der Waals surface area contributed by atoms with Gasteiger partial charge in [0, 0.05) is 12.0 Å². The molecule has 0 fully saturated rings. The van der Waals surface area contributed by atoms with E-state index in [1.807, 2.05) is 6.07 Å². The summed E-state index contributed by atoms with van der Waals surface area (Å²) in [5, 5.41) is 0. The number of benzene rings is 1. The number of ether oxygens (including phenoxy) is 1. The number of rotatable bonds is 7. The van der Waals surface area contributed by atoms with Crippen LogP contribution in [0, 0.1) is 0 Å². The molecule has 0 bridgehead atoms. The van der Waals surface area contributed by atoms with E-state index in [1.165, 1.54) is 0 Å². The van der Waals surface area contributed by atoms with Crippen molar-refractivity contribution in [1.82, 2.24) is 0 Å². The molecule has 0 heterocycles. The minimum atomic E-state index is -0.289. The van der Waals surface area contributed by atoms with Gasteiger partial charge in [-0.05, 0) is 6.42 Å². The van der Waals surface area contributed by atoms with Crippen molar-refractivity contribution in [3.8, 4) is 0 Å². The van der Waals surface area contributed by atoms with Gasteiger partial charge in [0.1, 0.15) is 0 Å². The lowest BCUT2D eigenvalue weighted by Gasteiger charge is -2.03. The average molecular weight is 234 g/mol. The summed E-state index contributed by atoms with van der Waals surface area (Å²) in [6, 6.07) is 8.85. The first-order valence-corrected chi connectivity index (χ1v) is 5.98. The van der Waals surface area contributed by atoms with E-state index in [4.69, 9.17) is 4.74 Å². The molecule has 0 saturated heterocycles. The number of carbonyl (C=O) groups excluding carboxylic acids is 2. The standard InChI is InChI=1S/C14H18O3/c1-2-3-5-10-14(16)17-11-13(15)12-8-6-4-7-9-12/h4,6-9H,2-3,5,10-11H2,1H3. The Balaban J connectivity index is 2.26. The summed E-state index contributed by atoms with van der Waals surface area (Å²) in [4.78, 5) is 22.9. The Bertz CT molecular complexity index is 357. The number of hydrogen-bond acceptors (Lipinski definition) is 3. The highest BCUT2D eigenvalue weighted by atomic mass is 16.5. The number of hydrogen-bond donors (Lipinski definition) is 0. The van der Waals surface area contributed by atoms with Crippen LogP contribution in [0.1, 0.15) is 43.0 Å². The van der Waals surface area contributed by atoms with Crippen molar-refractivity contribution in [1.29, 1.82) is 0 Å². The molecule has 0 saturated carbocycles. The molecule has 1 aromatic rings. The quantitative estimate of drug-likeness (QED) is 0.414. The smallest absolute Gasteiger partial charge is 0.306 e. The van der Waals surface area contributed by atoms with Crippen LogP contribution in [0.4, 0.5) is 0 Å². The summed E-state index contributed by atoms with van der Waals surface area (Å²) in [5.74, 6) is -0.447. The van der Waals surface area contributed by atoms with Crippen molar-refractivity contribution < 1.29 is 14.3 Å². The predicted octanol–water partition coefficient (Wildman–Crippen LogP) is 2.99. The largest absolute Gasteiger partial charge is 0.457 e. The first-order valence-electron chi connectivity index (χ1n) is 5.98. The molecule has 3 heteroatoms. The second-order valence-corrected chi connectivity index (χ2v) is 3.91. The molecule has 0 aromatic heterocycles. The fraction of sp³-hybridized carbons (Fsp3) is 0.429. The zero-order valence-electron chi connectivity index (χ0n) is 10.1. The Hall–Kier alpha value is -1.64. The molecular weight excluding hydrogens is 216 g/mol. The van der Waals surface area contributed by atoms with Crippen molar-refractivity contribution >= 4 is 11.8 Å². The van der Waals surface area contributed by atoms with Crippen molar-refractivity contribution in [2.75, 3.05) is 6.61 Å². The highest BCUT2D eigenvalue weighted by molar-refractivity contribution is 5.97. The monoisotopic (exact) mass is 234 g/mol. The van der Waals surface area contributed by atoms with E-state index in [2.05, 4.69) is 6.92 Å². The Kier molecular flexibility index (Phi) is 6.00. The number of esters is 1.